The van der Waals surface area contributed by atoms with Crippen LogP contribution in [0.4, 0.5) is 21.0 Å². The van der Waals surface area contributed by atoms with E-state index in [4.69, 9.17) is 20.9 Å². The van der Waals surface area contributed by atoms with Crippen molar-refractivity contribution in [3.05, 3.63) is 94.6 Å². The molecule has 0 aliphatic carbocycles. The Morgan fingerprint density at radius 3 is 2.39 bits per heavy atom. The second-order valence-corrected chi connectivity index (χ2v) is 9.84. The van der Waals surface area contributed by atoms with E-state index >= 15 is 0 Å². The van der Waals surface area contributed by atoms with Crippen molar-refractivity contribution in [3.63, 3.8) is 0 Å². The molecule has 1 atom stereocenters. The number of ketones is 1. The normalized spacial score (nSPS) is 11.4. The van der Waals surface area contributed by atoms with E-state index in [1.165, 1.54) is 29.2 Å². The Labute approximate surface area is 239 Å². The summed E-state index contributed by atoms with van der Waals surface area (Å²) in [7, 11) is 1.56. The molecular weight excluding hydrogens is 549 g/mol. The number of ether oxygens (including phenoxy) is 2. The third-order valence-corrected chi connectivity index (χ3v) is 7.18. The number of nitrogens with one attached hydrogen (secondary N) is 1. The number of primary amides is 1. The Morgan fingerprint density at radius 1 is 1.05 bits per heavy atom. The first-order valence-electron chi connectivity index (χ1n) is 12.4. The summed E-state index contributed by atoms with van der Waals surface area (Å²) < 4.78 is 24.3. The van der Waals surface area contributed by atoms with Crippen molar-refractivity contribution >= 4 is 45.6 Å². The van der Waals surface area contributed by atoms with Crippen LogP contribution in [0.5, 0.6) is 11.5 Å². The van der Waals surface area contributed by atoms with Crippen LogP contribution in [0.1, 0.15) is 27.7 Å². The highest BCUT2D eigenvalue weighted by Crippen LogP contribution is 2.36. The Kier molecular flexibility index (Phi) is 9.15. The summed E-state index contributed by atoms with van der Waals surface area (Å²) in [4.78, 5) is 43.5. The third-order valence-electron chi connectivity index (χ3n) is 6.11. The van der Waals surface area contributed by atoms with Crippen LogP contribution in [0.2, 0.25) is 0 Å². The molecule has 212 valence electrons. The zero-order chi connectivity index (χ0) is 29.5. The summed E-state index contributed by atoms with van der Waals surface area (Å²) in [5.41, 5.74) is 13.2. The van der Waals surface area contributed by atoms with Crippen molar-refractivity contribution in [3.8, 4) is 11.5 Å². The lowest BCUT2D eigenvalue weighted by atomic mass is 10.1. The quantitative estimate of drug-likeness (QED) is 0.215. The highest BCUT2D eigenvalue weighted by Gasteiger charge is 2.27. The number of halogens is 1. The first-order valence-corrected chi connectivity index (χ1v) is 13.3. The summed E-state index contributed by atoms with van der Waals surface area (Å²) in [6.45, 7) is 1.64. The minimum atomic E-state index is -0.850. The molecule has 3 aromatic carbocycles. The van der Waals surface area contributed by atoms with E-state index in [9.17, 15) is 18.8 Å². The Bertz CT molecular complexity index is 1540. The molecule has 1 unspecified atom stereocenters. The average Bonchev–Trinajstić information content (AvgIpc) is 3.36. The lowest BCUT2D eigenvalue weighted by Gasteiger charge is -2.26. The molecule has 0 fully saturated rings. The molecule has 2 amide bonds. The van der Waals surface area contributed by atoms with E-state index in [1.54, 1.807) is 38.3 Å². The van der Waals surface area contributed by atoms with Crippen LogP contribution in [0.25, 0.3) is 0 Å². The van der Waals surface area contributed by atoms with Gasteiger partial charge in [0.2, 0.25) is 11.7 Å². The Balaban J connectivity index is 1.42. The third kappa shape index (κ3) is 6.97. The molecule has 1 heterocycles. The van der Waals surface area contributed by atoms with Crippen molar-refractivity contribution in [2.75, 3.05) is 24.4 Å². The predicted molar refractivity (Wildman–Crippen MR) is 154 cm³/mol. The van der Waals surface area contributed by atoms with Gasteiger partial charge < -0.3 is 31.2 Å². The molecule has 4 rings (SSSR count). The molecule has 5 N–H and O–H groups in total. The number of hydrogen-bond donors (Lipinski definition) is 3. The Morgan fingerprint density at radius 2 is 1.73 bits per heavy atom. The maximum atomic E-state index is 13.5. The van der Waals surface area contributed by atoms with Gasteiger partial charge in [-0.2, -0.15) is 0 Å². The Hall–Kier alpha value is -4.97. The number of nitrogens with two attached hydrogens (primary N) is 2. The number of methoxy groups -OCH3 is 1. The van der Waals surface area contributed by atoms with Gasteiger partial charge in [-0.3, -0.25) is 14.4 Å². The molecular formula is C29H28FN5O5S. The van der Waals surface area contributed by atoms with Crippen molar-refractivity contribution in [1.29, 1.82) is 0 Å². The van der Waals surface area contributed by atoms with Crippen LogP contribution in [0.15, 0.2) is 72.8 Å². The number of hydrogen-bond acceptors (Lipinski definition) is 9. The van der Waals surface area contributed by atoms with Gasteiger partial charge in [0.25, 0.3) is 5.91 Å². The molecule has 0 aliphatic heterocycles. The molecule has 12 heteroatoms. The average molecular weight is 578 g/mol. The van der Waals surface area contributed by atoms with Crippen LogP contribution >= 0.6 is 11.3 Å². The van der Waals surface area contributed by atoms with Crippen LogP contribution in [-0.4, -0.2) is 42.3 Å². The van der Waals surface area contributed by atoms with Gasteiger partial charge in [-0.1, -0.05) is 29.5 Å². The van der Waals surface area contributed by atoms with E-state index in [0.717, 1.165) is 16.9 Å². The lowest BCUT2D eigenvalue weighted by molar-refractivity contribution is -0.123. The molecule has 1 aromatic heterocycles. The van der Waals surface area contributed by atoms with Crippen molar-refractivity contribution in [2.24, 2.45) is 5.73 Å². The van der Waals surface area contributed by atoms with Gasteiger partial charge in [-0.25, -0.2) is 9.37 Å². The minimum Gasteiger partial charge on any atom is -0.496 e. The van der Waals surface area contributed by atoms with Gasteiger partial charge in [0.05, 0.1) is 7.11 Å². The summed E-state index contributed by atoms with van der Waals surface area (Å²) in [6, 6.07) is 18.2. The van der Waals surface area contributed by atoms with E-state index in [-0.39, 0.29) is 34.9 Å². The van der Waals surface area contributed by atoms with Crippen LogP contribution < -0.4 is 31.2 Å². The van der Waals surface area contributed by atoms with Crippen molar-refractivity contribution < 1.29 is 28.2 Å². The number of para-hydroxylation sites is 1. The number of nitrogens with zero attached hydrogens (tertiary/aromatic N) is 2. The molecule has 0 bridgehead atoms. The topological polar surface area (TPSA) is 150 Å². The first kappa shape index (κ1) is 29.0. The number of aromatic nitrogens is 1. The fraction of sp³-hybridized carbons (Fsp3) is 0.172. The molecule has 0 spiro atoms. The summed E-state index contributed by atoms with van der Waals surface area (Å²) in [5, 5.41) is 3.03. The van der Waals surface area contributed by atoms with Gasteiger partial charge in [-0.05, 0) is 61.5 Å². The SMILES string of the molecule is COc1ccccc1CNC(=O)COc1ccc(C(=O)c2sc(N(c3ccc(F)cc3)C(C)C(N)=O)nc2N)cc1. The van der Waals surface area contributed by atoms with Gasteiger partial charge in [0, 0.05) is 23.4 Å². The number of nitrogen functional groups attached to an aromatic ring is 1. The van der Waals surface area contributed by atoms with E-state index in [1.807, 2.05) is 24.3 Å². The second kappa shape index (κ2) is 12.9. The van der Waals surface area contributed by atoms with Gasteiger partial charge >= 0.3 is 0 Å². The predicted octanol–water partition coefficient (Wildman–Crippen LogP) is 3.81. The van der Waals surface area contributed by atoms with Gasteiger partial charge in [0.15, 0.2) is 11.7 Å². The molecule has 0 aliphatic rings. The number of amides is 2. The number of thiazole rings is 1. The van der Waals surface area contributed by atoms with E-state index < -0.39 is 23.5 Å². The number of anilines is 3. The zero-order valence-electron chi connectivity index (χ0n) is 22.3. The first-order chi connectivity index (χ1) is 19.7. The summed E-state index contributed by atoms with van der Waals surface area (Å²) in [6.07, 6.45) is 0. The number of benzene rings is 3. The zero-order valence-corrected chi connectivity index (χ0v) is 23.1. The molecule has 4 aromatic rings. The fourth-order valence-electron chi connectivity index (χ4n) is 3.89. The largest absolute Gasteiger partial charge is 0.496 e. The van der Waals surface area contributed by atoms with Crippen LogP contribution in [0, 0.1) is 5.82 Å². The molecule has 41 heavy (non-hydrogen) atoms. The minimum absolute atomic E-state index is 0.0224. The summed E-state index contributed by atoms with van der Waals surface area (Å²) in [5.74, 6) is -0.755. The standard InChI is InChI=1S/C29H28FN5O5S/c1-17(28(32)38)35(21-11-9-20(30)10-12-21)29-34-27(31)26(41-29)25(37)18-7-13-22(14-8-18)40-16-24(36)33-15-19-5-3-4-6-23(19)39-2/h3-14,17H,15-16,31H2,1-2H3,(H2,32,38)(H,33,36). The van der Waals surface area contributed by atoms with Crippen molar-refractivity contribution in [1.82, 2.24) is 10.3 Å². The second-order valence-electron chi connectivity index (χ2n) is 8.87. The van der Waals surface area contributed by atoms with Gasteiger partial charge in [0.1, 0.15) is 34.1 Å². The van der Waals surface area contributed by atoms with Crippen LogP contribution in [0.3, 0.4) is 0 Å². The summed E-state index contributed by atoms with van der Waals surface area (Å²) >= 11 is 0.986. The van der Waals surface area contributed by atoms with E-state index in [2.05, 4.69) is 10.3 Å². The van der Waals surface area contributed by atoms with E-state index in [0.29, 0.717) is 22.7 Å². The fourth-order valence-corrected chi connectivity index (χ4v) is 4.94. The monoisotopic (exact) mass is 577 g/mol. The number of carbonyl (C=O) groups is 3. The molecule has 0 radical (unpaired) electrons. The number of rotatable bonds is 12. The smallest absolute Gasteiger partial charge is 0.258 e. The maximum absolute atomic E-state index is 13.5. The molecule has 10 nitrogen and oxygen atoms in total. The lowest BCUT2D eigenvalue weighted by Crippen LogP contribution is -2.39. The van der Waals surface area contributed by atoms with Gasteiger partial charge in [-0.15, -0.1) is 0 Å². The van der Waals surface area contributed by atoms with Crippen molar-refractivity contribution in [2.45, 2.75) is 19.5 Å². The highest BCUT2D eigenvalue weighted by molar-refractivity contribution is 7.18. The highest BCUT2D eigenvalue weighted by atomic mass is 32.1. The van der Waals surface area contributed by atoms with Crippen LogP contribution in [-0.2, 0) is 16.1 Å². The number of carbonyl (C=O) groups excluding carboxylic acids is 3. The maximum Gasteiger partial charge on any atom is 0.258 e. The molecule has 0 saturated heterocycles. The molecule has 0 saturated carbocycles.